The fraction of sp³-hybridized carbons (Fsp3) is 0.381. The van der Waals surface area contributed by atoms with Gasteiger partial charge in [0.1, 0.15) is 0 Å². The first-order valence-electron chi connectivity index (χ1n) is 9.54. The number of halogens is 1. The number of nitrogens with zero attached hydrogens (tertiary/aromatic N) is 2. The lowest BCUT2D eigenvalue weighted by molar-refractivity contribution is -0.123. The van der Waals surface area contributed by atoms with Crippen molar-refractivity contribution >= 4 is 37.5 Å². The number of hydrogen-bond acceptors (Lipinski definition) is 3. The van der Waals surface area contributed by atoms with Crippen LogP contribution in [0, 0.1) is 5.92 Å². The van der Waals surface area contributed by atoms with E-state index in [0.717, 1.165) is 23.0 Å². The predicted molar refractivity (Wildman–Crippen MR) is 113 cm³/mol. The fourth-order valence-electron chi connectivity index (χ4n) is 4.22. The Bertz CT molecular complexity index is 991. The van der Waals surface area contributed by atoms with Crippen LogP contribution in [0.2, 0.25) is 0 Å². The normalized spacial score (nSPS) is 22.9. The zero-order valence-corrected chi connectivity index (χ0v) is 18.1. The highest BCUT2D eigenvalue weighted by molar-refractivity contribution is 9.10. The van der Waals surface area contributed by atoms with Crippen LogP contribution < -0.4 is 4.90 Å². The van der Waals surface area contributed by atoms with E-state index in [9.17, 15) is 13.2 Å². The fourth-order valence-corrected chi connectivity index (χ4v) is 6.00. The van der Waals surface area contributed by atoms with Gasteiger partial charge in [-0.2, -0.15) is 4.31 Å². The second-order valence-corrected chi connectivity index (χ2v) is 10.4. The molecule has 4 rings (SSSR count). The molecule has 0 N–H and O–H groups in total. The van der Waals surface area contributed by atoms with Crippen LogP contribution in [0.1, 0.15) is 25.3 Å². The molecule has 1 amide bonds. The van der Waals surface area contributed by atoms with Gasteiger partial charge >= 0.3 is 0 Å². The number of carbonyl (C=O) groups is 1. The number of piperidine rings is 1. The minimum absolute atomic E-state index is 0.0353. The van der Waals surface area contributed by atoms with E-state index in [1.54, 1.807) is 24.3 Å². The molecule has 2 heterocycles. The summed E-state index contributed by atoms with van der Waals surface area (Å²) in [6.45, 7) is 2.74. The van der Waals surface area contributed by atoms with E-state index in [-0.39, 0.29) is 29.3 Å². The summed E-state index contributed by atoms with van der Waals surface area (Å²) in [5.74, 6) is -0.277. The zero-order valence-electron chi connectivity index (χ0n) is 15.7. The highest BCUT2D eigenvalue weighted by Gasteiger charge is 2.39. The lowest BCUT2D eigenvalue weighted by atomic mass is 9.97. The first kappa shape index (κ1) is 19.6. The zero-order chi connectivity index (χ0) is 19.9. The molecule has 1 saturated heterocycles. The summed E-state index contributed by atoms with van der Waals surface area (Å²) in [4.78, 5) is 15.5. The maximum Gasteiger partial charge on any atom is 0.243 e. The summed E-state index contributed by atoms with van der Waals surface area (Å²) >= 11 is 3.33. The molecule has 28 heavy (non-hydrogen) atoms. The number of amides is 1. The highest BCUT2D eigenvalue weighted by Crippen LogP contribution is 2.35. The van der Waals surface area contributed by atoms with Crippen molar-refractivity contribution in [1.29, 1.82) is 0 Å². The number of carbonyl (C=O) groups excluding carboxylic acids is 1. The summed E-state index contributed by atoms with van der Waals surface area (Å²) < 4.78 is 28.4. The SMILES string of the molecule is C[C@@H]1Cc2ccccc2N1C(=O)[C@H]1CCCN(S(=O)(=O)c2ccc(Br)cc2)C1. The van der Waals surface area contributed by atoms with Gasteiger partial charge < -0.3 is 4.90 Å². The van der Waals surface area contributed by atoms with Crippen LogP contribution in [0.25, 0.3) is 0 Å². The Labute approximate surface area is 174 Å². The molecule has 2 aromatic rings. The average molecular weight is 463 g/mol. The summed E-state index contributed by atoms with van der Waals surface area (Å²) in [5.41, 5.74) is 2.14. The summed E-state index contributed by atoms with van der Waals surface area (Å²) in [6.07, 6.45) is 2.25. The van der Waals surface area contributed by atoms with Gasteiger partial charge in [-0.3, -0.25) is 4.79 Å². The van der Waals surface area contributed by atoms with Crippen molar-refractivity contribution in [3.63, 3.8) is 0 Å². The molecule has 2 aliphatic heterocycles. The Morgan fingerprint density at radius 1 is 1.11 bits per heavy atom. The molecule has 0 aromatic heterocycles. The van der Waals surface area contributed by atoms with Crippen molar-refractivity contribution < 1.29 is 13.2 Å². The first-order chi connectivity index (χ1) is 13.4. The summed E-state index contributed by atoms with van der Waals surface area (Å²) in [5, 5.41) is 0. The molecule has 0 spiro atoms. The van der Waals surface area contributed by atoms with Gasteiger partial charge in [-0.1, -0.05) is 34.1 Å². The number of hydrogen-bond donors (Lipinski definition) is 0. The van der Waals surface area contributed by atoms with Crippen LogP contribution in [0.5, 0.6) is 0 Å². The monoisotopic (exact) mass is 462 g/mol. The molecular formula is C21H23BrN2O3S. The van der Waals surface area contributed by atoms with E-state index < -0.39 is 10.0 Å². The molecule has 148 valence electrons. The number of benzene rings is 2. The van der Waals surface area contributed by atoms with Gasteiger partial charge in [0.15, 0.2) is 0 Å². The number of para-hydroxylation sites is 1. The minimum Gasteiger partial charge on any atom is -0.309 e. The van der Waals surface area contributed by atoms with Gasteiger partial charge in [0.05, 0.1) is 10.8 Å². The number of sulfonamides is 1. The molecule has 0 unspecified atom stereocenters. The topological polar surface area (TPSA) is 57.7 Å². The molecule has 0 aliphatic carbocycles. The van der Waals surface area contributed by atoms with Crippen molar-refractivity contribution in [3.05, 3.63) is 58.6 Å². The second kappa shape index (κ2) is 7.61. The molecular weight excluding hydrogens is 440 g/mol. The van der Waals surface area contributed by atoms with Gasteiger partial charge in [-0.05, 0) is 62.1 Å². The van der Waals surface area contributed by atoms with Gasteiger partial charge in [0.2, 0.25) is 15.9 Å². The van der Waals surface area contributed by atoms with Gasteiger partial charge in [0, 0.05) is 29.3 Å². The first-order valence-corrected chi connectivity index (χ1v) is 11.8. The molecule has 2 atom stereocenters. The Balaban J connectivity index is 1.56. The number of anilines is 1. The average Bonchev–Trinajstić information content (AvgIpc) is 3.03. The van der Waals surface area contributed by atoms with Crippen molar-refractivity contribution in [3.8, 4) is 0 Å². The molecule has 2 aromatic carbocycles. The van der Waals surface area contributed by atoms with E-state index in [4.69, 9.17) is 0 Å². The van der Waals surface area contributed by atoms with Crippen molar-refractivity contribution in [2.75, 3.05) is 18.0 Å². The van der Waals surface area contributed by atoms with Crippen molar-refractivity contribution in [2.45, 2.75) is 37.1 Å². The predicted octanol–water partition coefficient (Wildman–Crippen LogP) is 3.83. The Morgan fingerprint density at radius 2 is 1.82 bits per heavy atom. The molecule has 2 aliphatic rings. The van der Waals surface area contributed by atoms with E-state index in [1.165, 1.54) is 9.87 Å². The van der Waals surface area contributed by atoms with E-state index >= 15 is 0 Å². The third-order valence-electron chi connectivity index (χ3n) is 5.63. The van der Waals surface area contributed by atoms with Gasteiger partial charge in [0.25, 0.3) is 0 Å². The molecule has 7 heteroatoms. The van der Waals surface area contributed by atoms with Crippen LogP contribution >= 0.6 is 15.9 Å². The Hall–Kier alpha value is -1.70. The van der Waals surface area contributed by atoms with Crippen LogP contribution in [-0.4, -0.2) is 37.8 Å². The van der Waals surface area contributed by atoms with Crippen LogP contribution in [0.3, 0.4) is 0 Å². The van der Waals surface area contributed by atoms with Crippen molar-refractivity contribution in [2.24, 2.45) is 5.92 Å². The smallest absolute Gasteiger partial charge is 0.243 e. The lowest BCUT2D eigenvalue weighted by Crippen LogP contribution is -2.48. The van der Waals surface area contributed by atoms with Crippen LogP contribution in [0.4, 0.5) is 5.69 Å². The lowest BCUT2D eigenvalue weighted by Gasteiger charge is -2.34. The van der Waals surface area contributed by atoms with E-state index in [2.05, 4.69) is 28.9 Å². The van der Waals surface area contributed by atoms with Gasteiger partial charge in [-0.25, -0.2) is 8.42 Å². The molecule has 5 nitrogen and oxygen atoms in total. The maximum atomic E-state index is 13.3. The quantitative estimate of drug-likeness (QED) is 0.696. The van der Waals surface area contributed by atoms with E-state index in [0.29, 0.717) is 13.0 Å². The molecule has 0 saturated carbocycles. The second-order valence-electron chi connectivity index (χ2n) is 7.55. The highest BCUT2D eigenvalue weighted by atomic mass is 79.9. The van der Waals surface area contributed by atoms with E-state index in [1.807, 2.05) is 23.1 Å². The third kappa shape index (κ3) is 3.51. The van der Waals surface area contributed by atoms with Crippen LogP contribution in [0.15, 0.2) is 57.9 Å². The standard InChI is InChI=1S/C21H23BrN2O3S/c1-15-13-16-5-2-3-7-20(16)24(15)21(25)17-6-4-12-23(14-17)28(26,27)19-10-8-18(22)9-11-19/h2-3,5,7-11,15,17H,4,6,12-14H2,1H3/t15-,17+/m1/s1. The minimum atomic E-state index is -3.60. The molecule has 0 bridgehead atoms. The summed E-state index contributed by atoms with van der Waals surface area (Å²) in [6, 6.07) is 14.7. The van der Waals surface area contributed by atoms with Gasteiger partial charge in [-0.15, -0.1) is 0 Å². The maximum absolute atomic E-state index is 13.3. The van der Waals surface area contributed by atoms with Crippen LogP contribution in [-0.2, 0) is 21.2 Å². The third-order valence-corrected chi connectivity index (χ3v) is 8.04. The Morgan fingerprint density at radius 3 is 2.57 bits per heavy atom. The molecule has 1 fully saturated rings. The Kier molecular flexibility index (Phi) is 5.33. The summed E-state index contributed by atoms with van der Waals surface area (Å²) in [7, 11) is -3.60. The number of fused-ring (bicyclic) bond motifs is 1. The largest absolute Gasteiger partial charge is 0.309 e. The molecule has 0 radical (unpaired) electrons. The van der Waals surface area contributed by atoms with Crippen molar-refractivity contribution in [1.82, 2.24) is 4.31 Å². The number of rotatable bonds is 3.